The fourth-order valence-electron chi connectivity index (χ4n) is 1.55. The van der Waals surface area contributed by atoms with Crippen LogP contribution in [-0.4, -0.2) is 48.2 Å². The fourth-order valence-corrected chi connectivity index (χ4v) is 1.55. The smallest absolute Gasteiger partial charge is 0.410 e. The van der Waals surface area contributed by atoms with Crippen LogP contribution in [0.2, 0.25) is 0 Å². The molecule has 0 unspecified atom stereocenters. The number of likely N-dealkylation sites (tertiary alicyclic amines) is 1. The number of carbonyl (C=O) groups excluding carboxylic acids is 2. The number of nitrogens with two attached hydrogens (primary N) is 1. The monoisotopic (exact) mass is 258 g/mol. The predicted molar refractivity (Wildman–Crippen MR) is 66.5 cm³/mol. The number of carbonyl (C=O) groups is 2. The number of hydrogen-bond donors (Lipinski definition) is 3. The van der Waals surface area contributed by atoms with Gasteiger partial charge in [0.05, 0.1) is 0 Å². The van der Waals surface area contributed by atoms with E-state index in [0.29, 0.717) is 26.1 Å². The Morgan fingerprint density at radius 2 is 2.00 bits per heavy atom. The normalized spacial score (nSPS) is 16.1. The summed E-state index contributed by atoms with van der Waals surface area (Å²) in [5.74, 6) is 4.76. The molecule has 1 saturated heterocycles. The number of amides is 2. The van der Waals surface area contributed by atoms with Crippen LogP contribution in [0.25, 0.3) is 0 Å². The molecule has 0 spiro atoms. The molecule has 7 nitrogen and oxygen atoms in total. The summed E-state index contributed by atoms with van der Waals surface area (Å²) in [6.45, 7) is 7.29. The molecule has 4 N–H and O–H groups in total. The van der Waals surface area contributed by atoms with Gasteiger partial charge in [-0.25, -0.2) is 10.6 Å². The molecule has 0 radical (unpaired) electrons. The van der Waals surface area contributed by atoms with Gasteiger partial charge in [0.25, 0.3) is 0 Å². The molecule has 1 heterocycles. The predicted octanol–water partition coefficient (Wildman–Crippen LogP) is -0.425. The molecule has 1 aliphatic rings. The van der Waals surface area contributed by atoms with E-state index in [1.807, 2.05) is 20.8 Å². The van der Waals surface area contributed by atoms with Crippen LogP contribution in [0, 0.1) is 0 Å². The highest BCUT2D eigenvalue weighted by Crippen LogP contribution is 2.14. The fraction of sp³-hybridized carbons (Fsp3) is 0.818. The second kappa shape index (κ2) is 6.01. The van der Waals surface area contributed by atoms with Crippen LogP contribution in [0.4, 0.5) is 4.79 Å². The minimum Gasteiger partial charge on any atom is -0.444 e. The van der Waals surface area contributed by atoms with Gasteiger partial charge in [-0.1, -0.05) is 0 Å². The first-order valence-electron chi connectivity index (χ1n) is 6.02. The molecule has 2 amide bonds. The van der Waals surface area contributed by atoms with E-state index in [9.17, 15) is 9.59 Å². The maximum atomic E-state index is 11.6. The molecule has 0 aromatic rings. The van der Waals surface area contributed by atoms with Gasteiger partial charge < -0.3 is 15.0 Å². The molecular weight excluding hydrogens is 236 g/mol. The quantitative estimate of drug-likeness (QED) is 0.361. The van der Waals surface area contributed by atoms with Crippen molar-refractivity contribution in [2.24, 2.45) is 5.84 Å². The summed E-state index contributed by atoms with van der Waals surface area (Å²) >= 11 is 0. The molecule has 0 bridgehead atoms. The second-order valence-electron chi connectivity index (χ2n) is 5.35. The first-order chi connectivity index (χ1) is 8.31. The van der Waals surface area contributed by atoms with E-state index in [0.717, 1.165) is 0 Å². The minimum atomic E-state index is -0.463. The average molecular weight is 258 g/mol. The molecule has 1 rings (SSSR count). The van der Waals surface area contributed by atoms with E-state index < -0.39 is 5.60 Å². The number of nitrogens with one attached hydrogen (secondary N) is 2. The Morgan fingerprint density at radius 1 is 1.39 bits per heavy atom. The summed E-state index contributed by atoms with van der Waals surface area (Å²) in [7, 11) is 0. The molecule has 0 aromatic heterocycles. The lowest BCUT2D eigenvalue weighted by atomic mass is 10.1. The Kier molecular flexibility index (Phi) is 4.92. The number of ether oxygens (including phenoxy) is 1. The molecule has 0 atom stereocenters. The topological polar surface area (TPSA) is 96.7 Å². The van der Waals surface area contributed by atoms with Crippen LogP contribution < -0.4 is 16.6 Å². The summed E-state index contributed by atoms with van der Waals surface area (Å²) in [5.41, 5.74) is 1.60. The molecule has 104 valence electrons. The van der Waals surface area contributed by atoms with Gasteiger partial charge in [0.1, 0.15) is 5.60 Å². The van der Waals surface area contributed by atoms with Crippen molar-refractivity contribution >= 4 is 12.0 Å². The molecule has 1 fully saturated rings. The highest BCUT2D eigenvalue weighted by molar-refractivity contribution is 5.75. The summed E-state index contributed by atoms with van der Waals surface area (Å²) in [6, 6.07) is 0.225. The van der Waals surface area contributed by atoms with Crippen LogP contribution in [-0.2, 0) is 9.53 Å². The lowest BCUT2D eigenvalue weighted by Crippen LogP contribution is -2.60. The number of nitrogens with zero attached hydrogens (tertiary/aromatic N) is 1. The van der Waals surface area contributed by atoms with E-state index in [1.165, 1.54) is 0 Å². The van der Waals surface area contributed by atoms with Gasteiger partial charge in [-0.2, -0.15) is 0 Å². The van der Waals surface area contributed by atoms with Crippen LogP contribution >= 0.6 is 0 Å². The van der Waals surface area contributed by atoms with Crippen LogP contribution in [0.5, 0.6) is 0 Å². The zero-order chi connectivity index (χ0) is 13.8. The van der Waals surface area contributed by atoms with Crippen molar-refractivity contribution in [1.82, 2.24) is 15.6 Å². The highest BCUT2D eigenvalue weighted by atomic mass is 16.6. The van der Waals surface area contributed by atoms with Crippen LogP contribution in [0.3, 0.4) is 0 Å². The third-order valence-corrected chi connectivity index (χ3v) is 2.48. The zero-order valence-electron chi connectivity index (χ0n) is 11.2. The van der Waals surface area contributed by atoms with Gasteiger partial charge in [-0.05, 0) is 20.8 Å². The summed E-state index contributed by atoms with van der Waals surface area (Å²) < 4.78 is 5.23. The van der Waals surface area contributed by atoms with Gasteiger partial charge in [0.2, 0.25) is 5.91 Å². The number of hydrazine groups is 1. The first-order valence-corrected chi connectivity index (χ1v) is 6.02. The molecule has 0 aromatic carbocycles. The third-order valence-electron chi connectivity index (χ3n) is 2.48. The maximum absolute atomic E-state index is 11.6. The van der Waals surface area contributed by atoms with E-state index in [1.54, 1.807) is 4.90 Å². The van der Waals surface area contributed by atoms with E-state index >= 15 is 0 Å². The highest BCUT2D eigenvalue weighted by Gasteiger charge is 2.33. The van der Waals surface area contributed by atoms with Gasteiger partial charge in [-0.3, -0.25) is 10.2 Å². The van der Waals surface area contributed by atoms with Gasteiger partial charge >= 0.3 is 6.09 Å². The van der Waals surface area contributed by atoms with Crippen molar-refractivity contribution < 1.29 is 14.3 Å². The Bertz CT molecular complexity index is 308. The van der Waals surface area contributed by atoms with Crippen molar-refractivity contribution in [1.29, 1.82) is 0 Å². The second-order valence-corrected chi connectivity index (χ2v) is 5.35. The minimum absolute atomic E-state index is 0.203. The Hall–Kier alpha value is -1.34. The van der Waals surface area contributed by atoms with Gasteiger partial charge in [0.15, 0.2) is 0 Å². The first kappa shape index (κ1) is 14.7. The molecular formula is C11H22N4O3. The van der Waals surface area contributed by atoms with Gasteiger partial charge in [0, 0.05) is 32.1 Å². The molecule has 0 aliphatic carbocycles. The molecule has 7 heteroatoms. The largest absolute Gasteiger partial charge is 0.444 e. The van der Waals surface area contributed by atoms with E-state index in [4.69, 9.17) is 10.6 Å². The standard InChI is InChI=1S/C11H22N4O3/c1-11(2,3)18-10(17)15-6-8(7-15)13-5-4-9(16)14-12/h8,13H,4-7,12H2,1-3H3,(H,14,16). The summed E-state index contributed by atoms with van der Waals surface area (Å²) in [4.78, 5) is 24.1. The Balaban J connectivity index is 2.12. The average Bonchev–Trinajstić information content (AvgIpc) is 2.17. The third kappa shape index (κ3) is 4.89. The Morgan fingerprint density at radius 3 is 2.50 bits per heavy atom. The number of rotatable bonds is 4. The van der Waals surface area contributed by atoms with Crippen molar-refractivity contribution in [3.8, 4) is 0 Å². The maximum Gasteiger partial charge on any atom is 0.410 e. The van der Waals surface area contributed by atoms with Crippen molar-refractivity contribution in [2.45, 2.75) is 38.8 Å². The molecule has 1 aliphatic heterocycles. The molecule has 18 heavy (non-hydrogen) atoms. The van der Waals surface area contributed by atoms with Crippen LogP contribution in [0.15, 0.2) is 0 Å². The number of hydrogen-bond acceptors (Lipinski definition) is 5. The lowest BCUT2D eigenvalue weighted by molar-refractivity contribution is -0.121. The summed E-state index contributed by atoms with van der Waals surface area (Å²) in [5, 5.41) is 3.17. The molecule has 0 saturated carbocycles. The van der Waals surface area contributed by atoms with Crippen LogP contribution in [0.1, 0.15) is 27.2 Å². The lowest BCUT2D eigenvalue weighted by Gasteiger charge is -2.40. The Labute approximate surface area is 107 Å². The SMILES string of the molecule is CC(C)(C)OC(=O)N1CC(NCCC(=O)NN)C1. The zero-order valence-corrected chi connectivity index (χ0v) is 11.2. The summed E-state index contributed by atoms with van der Waals surface area (Å²) in [6.07, 6.45) is 0.0413. The van der Waals surface area contributed by atoms with Crippen molar-refractivity contribution in [3.63, 3.8) is 0 Å². The van der Waals surface area contributed by atoms with Crippen molar-refractivity contribution in [2.75, 3.05) is 19.6 Å². The van der Waals surface area contributed by atoms with E-state index in [2.05, 4.69) is 10.7 Å². The van der Waals surface area contributed by atoms with Gasteiger partial charge in [-0.15, -0.1) is 0 Å². The van der Waals surface area contributed by atoms with E-state index in [-0.39, 0.29) is 18.0 Å². The van der Waals surface area contributed by atoms with Crippen molar-refractivity contribution in [3.05, 3.63) is 0 Å².